The monoisotopic (exact) mass is 186 g/mol. The number of fused-ring (bicyclic) bond motifs is 9. The molecule has 0 radical (unpaired) electrons. The van der Waals surface area contributed by atoms with Crippen molar-refractivity contribution < 1.29 is 9.59 Å². The Morgan fingerprint density at radius 3 is 1.57 bits per heavy atom. The number of carbonyl (C=O) groups excluding carboxylic acids is 2. The summed E-state index contributed by atoms with van der Waals surface area (Å²) in [4.78, 5) is 24.0. The molecule has 2 heteroatoms. The van der Waals surface area contributed by atoms with E-state index >= 15 is 0 Å². The highest BCUT2D eigenvalue weighted by Crippen LogP contribution is 2.75. The molecule has 4 aliphatic carbocycles. The number of rotatable bonds is 0. The fourth-order valence-corrected chi connectivity index (χ4v) is 5.43. The van der Waals surface area contributed by atoms with E-state index in [-0.39, 0.29) is 23.7 Å². The first-order valence-corrected chi connectivity index (χ1v) is 5.56. The van der Waals surface area contributed by atoms with Gasteiger partial charge in [-0.2, -0.15) is 0 Å². The SMILES string of the molecule is O=C1[C@@H]2[C@H]3C(=O)[C@H]4[C@H]5C=C[C@H]([C@H]14)[C@H]2[C@@H]53. The van der Waals surface area contributed by atoms with Crippen LogP contribution >= 0.6 is 0 Å². The third-order valence-corrected chi connectivity index (χ3v) is 5.64. The summed E-state index contributed by atoms with van der Waals surface area (Å²) in [6, 6.07) is 0. The van der Waals surface area contributed by atoms with Crippen LogP contribution in [0.1, 0.15) is 0 Å². The average molecular weight is 186 g/mol. The lowest BCUT2D eigenvalue weighted by Gasteiger charge is -2.50. The minimum Gasteiger partial charge on any atom is -0.299 e. The smallest absolute Gasteiger partial charge is 0.141 e. The number of ketones is 2. The second kappa shape index (κ2) is 1.54. The van der Waals surface area contributed by atoms with Crippen molar-refractivity contribution in [1.29, 1.82) is 0 Å². The van der Waals surface area contributed by atoms with E-state index in [1.54, 1.807) is 0 Å². The summed E-state index contributed by atoms with van der Waals surface area (Å²) in [5.74, 6) is 3.50. The van der Waals surface area contributed by atoms with Gasteiger partial charge >= 0.3 is 0 Å². The summed E-state index contributed by atoms with van der Waals surface area (Å²) in [5, 5.41) is 0. The summed E-state index contributed by atoms with van der Waals surface area (Å²) < 4.78 is 0. The highest BCUT2D eigenvalue weighted by Gasteiger charge is 2.80. The third-order valence-electron chi connectivity index (χ3n) is 5.64. The lowest BCUT2D eigenvalue weighted by molar-refractivity contribution is -0.145. The molecule has 0 aromatic heterocycles. The molecule has 0 unspecified atom stereocenters. The molecule has 0 saturated heterocycles. The van der Waals surface area contributed by atoms with Crippen LogP contribution in [0.25, 0.3) is 0 Å². The first-order valence-electron chi connectivity index (χ1n) is 5.56. The van der Waals surface area contributed by atoms with Crippen LogP contribution in [0.15, 0.2) is 12.2 Å². The van der Waals surface area contributed by atoms with Crippen molar-refractivity contribution in [3.8, 4) is 0 Å². The Morgan fingerprint density at radius 1 is 0.714 bits per heavy atom. The number of allylic oxidation sites excluding steroid dienone is 2. The fourth-order valence-electron chi connectivity index (χ4n) is 5.43. The Bertz CT molecular complexity index is 396. The molecular formula is C12H10O2. The number of hydrogen-bond donors (Lipinski definition) is 0. The molecule has 4 rings (SSSR count). The van der Waals surface area contributed by atoms with Gasteiger partial charge in [0, 0.05) is 23.7 Å². The van der Waals surface area contributed by atoms with Gasteiger partial charge in [0.05, 0.1) is 0 Å². The van der Waals surface area contributed by atoms with Crippen LogP contribution in [-0.4, -0.2) is 11.6 Å². The molecule has 3 saturated carbocycles. The van der Waals surface area contributed by atoms with E-state index in [4.69, 9.17) is 0 Å². The second-order valence-corrected chi connectivity index (χ2v) is 5.60. The van der Waals surface area contributed by atoms with Gasteiger partial charge in [-0.1, -0.05) is 12.2 Å². The zero-order valence-electron chi connectivity index (χ0n) is 7.59. The van der Waals surface area contributed by atoms with E-state index in [2.05, 4.69) is 12.2 Å². The molecule has 0 aliphatic heterocycles. The van der Waals surface area contributed by atoms with Gasteiger partial charge in [-0.3, -0.25) is 9.59 Å². The molecule has 0 amide bonds. The van der Waals surface area contributed by atoms with E-state index in [1.807, 2.05) is 0 Å². The average Bonchev–Trinajstić information content (AvgIpc) is 2.40. The first-order chi connectivity index (χ1) is 6.80. The van der Waals surface area contributed by atoms with Gasteiger partial charge in [-0.05, 0) is 23.7 Å². The van der Waals surface area contributed by atoms with Crippen LogP contribution in [0.3, 0.4) is 0 Å². The Balaban J connectivity index is 1.91. The second-order valence-electron chi connectivity index (χ2n) is 5.60. The van der Waals surface area contributed by atoms with E-state index in [1.165, 1.54) is 0 Å². The normalized spacial score (nSPS) is 69.4. The van der Waals surface area contributed by atoms with Gasteiger partial charge in [0.2, 0.25) is 0 Å². The number of Topliss-reactive ketones (excluding diaryl/α,β-unsaturated/α-hetero) is 2. The topological polar surface area (TPSA) is 34.1 Å². The molecule has 14 heavy (non-hydrogen) atoms. The van der Waals surface area contributed by atoms with Gasteiger partial charge in [-0.25, -0.2) is 0 Å². The summed E-state index contributed by atoms with van der Waals surface area (Å²) in [6.07, 6.45) is 4.47. The van der Waals surface area contributed by atoms with Gasteiger partial charge in [0.1, 0.15) is 11.6 Å². The van der Waals surface area contributed by atoms with Crippen molar-refractivity contribution in [3.05, 3.63) is 12.2 Å². The van der Waals surface area contributed by atoms with E-state index in [9.17, 15) is 9.59 Å². The zero-order chi connectivity index (χ0) is 9.19. The Kier molecular flexibility index (Phi) is 0.718. The van der Waals surface area contributed by atoms with E-state index < -0.39 is 0 Å². The molecule has 4 aliphatic rings. The largest absolute Gasteiger partial charge is 0.299 e. The molecule has 0 aromatic rings. The molecule has 70 valence electrons. The summed E-state index contributed by atoms with van der Waals surface area (Å²) in [6.45, 7) is 0. The Labute approximate surface area is 81.4 Å². The Hall–Kier alpha value is -0.920. The van der Waals surface area contributed by atoms with Gasteiger partial charge in [-0.15, -0.1) is 0 Å². The minimum absolute atomic E-state index is 0.113. The fraction of sp³-hybridized carbons (Fsp3) is 0.667. The van der Waals surface area contributed by atoms with Crippen LogP contribution in [-0.2, 0) is 9.59 Å². The quantitative estimate of drug-likeness (QED) is 0.412. The number of carbonyl (C=O) groups is 2. The van der Waals surface area contributed by atoms with Crippen molar-refractivity contribution in [2.45, 2.75) is 0 Å². The molecule has 0 spiro atoms. The third kappa shape index (κ3) is 0.358. The maximum atomic E-state index is 12.0. The molecule has 2 nitrogen and oxygen atoms in total. The van der Waals surface area contributed by atoms with Gasteiger partial charge in [0.15, 0.2) is 0 Å². The Morgan fingerprint density at radius 2 is 1.14 bits per heavy atom. The molecule has 0 aromatic carbocycles. The maximum Gasteiger partial charge on any atom is 0.141 e. The van der Waals surface area contributed by atoms with Crippen molar-refractivity contribution in [1.82, 2.24) is 0 Å². The van der Waals surface area contributed by atoms with E-state index in [0.717, 1.165) is 0 Å². The molecule has 0 heterocycles. The van der Waals surface area contributed by atoms with Crippen LogP contribution in [0.4, 0.5) is 0 Å². The van der Waals surface area contributed by atoms with Crippen LogP contribution < -0.4 is 0 Å². The van der Waals surface area contributed by atoms with Crippen LogP contribution in [0.2, 0.25) is 0 Å². The summed E-state index contributed by atoms with van der Waals surface area (Å²) >= 11 is 0. The van der Waals surface area contributed by atoms with E-state index in [0.29, 0.717) is 35.2 Å². The lowest BCUT2D eigenvalue weighted by atomic mass is 9.52. The molecule has 8 atom stereocenters. The number of hydrogen-bond acceptors (Lipinski definition) is 2. The summed E-state index contributed by atoms with van der Waals surface area (Å²) in [5.41, 5.74) is 0. The van der Waals surface area contributed by atoms with Crippen LogP contribution in [0, 0.1) is 47.3 Å². The molecule has 3 fully saturated rings. The van der Waals surface area contributed by atoms with Crippen molar-refractivity contribution in [2.75, 3.05) is 0 Å². The highest BCUT2D eigenvalue weighted by molar-refractivity contribution is 6.06. The van der Waals surface area contributed by atoms with Crippen molar-refractivity contribution in [2.24, 2.45) is 47.3 Å². The predicted octanol–water partition coefficient (Wildman–Crippen LogP) is 0.678. The van der Waals surface area contributed by atoms with Gasteiger partial charge < -0.3 is 0 Å². The first kappa shape index (κ1) is 6.54. The highest BCUT2D eigenvalue weighted by atomic mass is 16.1. The standard InChI is InChI=1S/C12H10O2/c13-11-7-3-1-2-4-6-5(3)9(11)10(6)12(14)8(4)7/h1-10H/t3-,4-,5-,6+,7-,8-,9-,10-/m0/s1. The lowest BCUT2D eigenvalue weighted by Crippen LogP contribution is -2.50. The van der Waals surface area contributed by atoms with Crippen molar-refractivity contribution in [3.63, 3.8) is 0 Å². The summed E-state index contributed by atoms with van der Waals surface area (Å²) in [7, 11) is 0. The van der Waals surface area contributed by atoms with Crippen molar-refractivity contribution >= 4 is 11.6 Å². The minimum atomic E-state index is 0.113. The predicted molar refractivity (Wildman–Crippen MR) is 47.1 cm³/mol. The molecule has 0 N–H and O–H groups in total. The molecule has 0 bridgehead atoms. The maximum absolute atomic E-state index is 12.0. The zero-order valence-corrected chi connectivity index (χ0v) is 7.59. The van der Waals surface area contributed by atoms with Gasteiger partial charge in [0.25, 0.3) is 0 Å². The molecular weight excluding hydrogens is 176 g/mol. The van der Waals surface area contributed by atoms with Crippen LogP contribution in [0.5, 0.6) is 0 Å².